The summed E-state index contributed by atoms with van der Waals surface area (Å²) in [4.78, 5) is 10.7. The van der Waals surface area contributed by atoms with Crippen LogP contribution in [0, 0.1) is 13.8 Å². The summed E-state index contributed by atoms with van der Waals surface area (Å²) in [7, 11) is 1.92. The molecule has 8 heteroatoms. The van der Waals surface area contributed by atoms with E-state index in [1.807, 2.05) is 37.1 Å². The van der Waals surface area contributed by atoms with Crippen LogP contribution in [0.25, 0.3) is 0 Å². The number of nitrogens with zero attached hydrogens (tertiary/aromatic N) is 5. The topological polar surface area (TPSA) is 85.8 Å². The molecular weight excluding hydrogens is 290 g/mol. The Hall–Kier alpha value is -1.83. The Bertz CT molecular complexity index is 662. The third-order valence-corrected chi connectivity index (χ3v) is 4.36. The van der Waals surface area contributed by atoms with Crippen molar-refractivity contribution >= 4 is 17.7 Å². The highest BCUT2D eigenvalue weighted by molar-refractivity contribution is 7.99. The van der Waals surface area contributed by atoms with Gasteiger partial charge in [0.15, 0.2) is 5.16 Å². The fourth-order valence-corrected chi connectivity index (χ4v) is 2.85. The molecule has 0 spiro atoms. The average molecular weight is 309 g/mol. The van der Waals surface area contributed by atoms with Crippen LogP contribution < -0.4 is 0 Å². The van der Waals surface area contributed by atoms with Crippen molar-refractivity contribution < 1.29 is 9.90 Å². The molecule has 0 bridgehead atoms. The highest BCUT2D eigenvalue weighted by atomic mass is 32.2. The lowest BCUT2D eigenvalue weighted by atomic mass is 10.2. The van der Waals surface area contributed by atoms with Crippen LogP contribution in [0.3, 0.4) is 0 Å². The third-order valence-electron chi connectivity index (χ3n) is 3.41. The Labute approximate surface area is 127 Å². The van der Waals surface area contributed by atoms with Crippen LogP contribution in [-0.4, -0.2) is 41.4 Å². The lowest BCUT2D eigenvalue weighted by molar-refractivity contribution is -0.133. The number of carbonyl (C=O) groups is 1. The van der Waals surface area contributed by atoms with Crippen molar-refractivity contribution in [3.63, 3.8) is 0 Å². The smallest absolute Gasteiger partial charge is 0.313 e. The number of aryl methyl sites for hydroxylation is 3. The van der Waals surface area contributed by atoms with E-state index >= 15 is 0 Å². The van der Waals surface area contributed by atoms with Gasteiger partial charge in [0.1, 0.15) is 5.82 Å². The van der Waals surface area contributed by atoms with Crippen LogP contribution in [0.5, 0.6) is 0 Å². The molecular formula is C13H19N5O2S. The Morgan fingerprint density at radius 1 is 1.33 bits per heavy atom. The van der Waals surface area contributed by atoms with Crippen molar-refractivity contribution in [2.24, 2.45) is 7.05 Å². The molecule has 1 N–H and O–H groups in total. The van der Waals surface area contributed by atoms with Gasteiger partial charge in [0.25, 0.3) is 0 Å². The average Bonchev–Trinajstić information content (AvgIpc) is 2.92. The van der Waals surface area contributed by atoms with Crippen molar-refractivity contribution in [3.05, 3.63) is 22.8 Å². The molecule has 0 saturated carbocycles. The van der Waals surface area contributed by atoms with E-state index in [9.17, 15) is 4.79 Å². The van der Waals surface area contributed by atoms with E-state index in [1.54, 1.807) is 0 Å². The van der Waals surface area contributed by atoms with E-state index in [-0.39, 0.29) is 5.75 Å². The second kappa shape index (κ2) is 6.30. The quantitative estimate of drug-likeness (QED) is 0.812. The normalized spacial score (nSPS) is 11.0. The van der Waals surface area contributed by atoms with Gasteiger partial charge < -0.3 is 9.67 Å². The van der Waals surface area contributed by atoms with Gasteiger partial charge in [-0.3, -0.25) is 9.48 Å². The highest BCUT2D eigenvalue weighted by Gasteiger charge is 2.17. The molecule has 0 amide bonds. The molecule has 0 fully saturated rings. The maximum atomic E-state index is 10.7. The summed E-state index contributed by atoms with van der Waals surface area (Å²) in [6, 6.07) is 0. The molecule has 2 heterocycles. The van der Waals surface area contributed by atoms with Crippen molar-refractivity contribution in [1.29, 1.82) is 0 Å². The van der Waals surface area contributed by atoms with Crippen LogP contribution in [0.15, 0.2) is 5.16 Å². The minimum Gasteiger partial charge on any atom is -0.481 e. The molecule has 2 aromatic rings. The van der Waals surface area contributed by atoms with Gasteiger partial charge in [0.2, 0.25) is 0 Å². The minimum atomic E-state index is -0.860. The maximum Gasteiger partial charge on any atom is 0.313 e. The Kier molecular flexibility index (Phi) is 4.66. The zero-order chi connectivity index (χ0) is 15.6. The number of hydrogen-bond acceptors (Lipinski definition) is 5. The van der Waals surface area contributed by atoms with E-state index in [0.717, 1.165) is 29.2 Å². The summed E-state index contributed by atoms with van der Waals surface area (Å²) in [5.74, 6) is -0.0285. The zero-order valence-corrected chi connectivity index (χ0v) is 13.4. The summed E-state index contributed by atoms with van der Waals surface area (Å²) >= 11 is 1.19. The van der Waals surface area contributed by atoms with Gasteiger partial charge in [-0.15, -0.1) is 10.2 Å². The van der Waals surface area contributed by atoms with Crippen LogP contribution in [0.4, 0.5) is 0 Å². The lowest BCUT2D eigenvalue weighted by Gasteiger charge is -2.09. The number of rotatable bonds is 6. The maximum absolute atomic E-state index is 10.7. The summed E-state index contributed by atoms with van der Waals surface area (Å²) in [6.45, 7) is 6.62. The molecule has 21 heavy (non-hydrogen) atoms. The zero-order valence-electron chi connectivity index (χ0n) is 12.6. The van der Waals surface area contributed by atoms with E-state index in [4.69, 9.17) is 5.11 Å². The Morgan fingerprint density at radius 2 is 2.05 bits per heavy atom. The van der Waals surface area contributed by atoms with Crippen molar-refractivity contribution in [1.82, 2.24) is 24.5 Å². The van der Waals surface area contributed by atoms with Gasteiger partial charge in [-0.1, -0.05) is 18.7 Å². The first-order chi connectivity index (χ1) is 9.93. The van der Waals surface area contributed by atoms with Gasteiger partial charge in [0, 0.05) is 24.7 Å². The van der Waals surface area contributed by atoms with Gasteiger partial charge in [-0.2, -0.15) is 5.10 Å². The van der Waals surface area contributed by atoms with E-state index in [1.165, 1.54) is 11.8 Å². The molecule has 114 valence electrons. The highest BCUT2D eigenvalue weighted by Crippen LogP contribution is 2.21. The predicted octanol–water partition coefficient (Wildman–Crippen LogP) is 1.42. The molecule has 0 aliphatic carbocycles. The number of aromatic nitrogens is 5. The van der Waals surface area contributed by atoms with E-state index < -0.39 is 5.97 Å². The fraction of sp³-hybridized carbons (Fsp3) is 0.538. The predicted molar refractivity (Wildman–Crippen MR) is 79.5 cm³/mol. The summed E-state index contributed by atoms with van der Waals surface area (Å²) < 4.78 is 3.83. The fourth-order valence-electron chi connectivity index (χ4n) is 2.18. The largest absolute Gasteiger partial charge is 0.481 e. The first kappa shape index (κ1) is 15.6. The second-order valence-corrected chi connectivity index (χ2v) is 5.74. The molecule has 2 aromatic heterocycles. The lowest BCUT2D eigenvalue weighted by Crippen LogP contribution is -2.09. The summed E-state index contributed by atoms with van der Waals surface area (Å²) in [5.41, 5.74) is 3.20. The minimum absolute atomic E-state index is 0.0210. The van der Waals surface area contributed by atoms with Gasteiger partial charge in [-0.25, -0.2) is 0 Å². The first-order valence-electron chi connectivity index (χ1n) is 6.69. The van der Waals surface area contributed by atoms with Crippen molar-refractivity contribution in [2.45, 2.75) is 38.9 Å². The standard InChI is InChI=1S/C13H19N5O2S/c1-5-11-14-15-13(21-7-12(19)20)18(11)6-10-8(2)16-17(4)9(10)3/h5-7H2,1-4H3,(H,19,20). The van der Waals surface area contributed by atoms with Crippen molar-refractivity contribution in [3.8, 4) is 0 Å². The number of thioether (sulfide) groups is 1. The monoisotopic (exact) mass is 309 g/mol. The summed E-state index contributed by atoms with van der Waals surface area (Å²) in [6.07, 6.45) is 0.749. The van der Waals surface area contributed by atoms with Crippen molar-refractivity contribution in [2.75, 3.05) is 5.75 Å². The number of aliphatic carboxylic acids is 1. The van der Waals surface area contributed by atoms with E-state index in [0.29, 0.717) is 11.7 Å². The molecule has 2 rings (SSSR count). The molecule has 0 unspecified atom stereocenters. The first-order valence-corrected chi connectivity index (χ1v) is 7.68. The number of carboxylic acids is 1. The molecule has 0 atom stereocenters. The van der Waals surface area contributed by atoms with E-state index in [2.05, 4.69) is 15.3 Å². The third kappa shape index (κ3) is 3.26. The van der Waals surface area contributed by atoms with Crippen LogP contribution in [-0.2, 0) is 24.8 Å². The van der Waals surface area contributed by atoms with Crippen LogP contribution in [0.2, 0.25) is 0 Å². The SMILES string of the molecule is CCc1nnc(SCC(=O)O)n1Cc1c(C)nn(C)c1C. The molecule has 0 aliphatic heterocycles. The molecule has 0 saturated heterocycles. The van der Waals surface area contributed by atoms with Gasteiger partial charge in [-0.05, 0) is 13.8 Å². The van der Waals surface area contributed by atoms with Crippen LogP contribution in [0.1, 0.15) is 29.7 Å². The molecule has 0 radical (unpaired) electrons. The Balaban J connectivity index is 2.33. The molecule has 7 nitrogen and oxygen atoms in total. The molecule has 0 aromatic carbocycles. The molecule has 0 aliphatic rings. The van der Waals surface area contributed by atoms with Crippen LogP contribution >= 0.6 is 11.8 Å². The van der Waals surface area contributed by atoms with Gasteiger partial charge in [0.05, 0.1) is 18.0 Å². The second-order valence-electron chi connectivity index (χ2n) is 4.79. The number of hydrogen-bond donors (Lipinski definition) is 1. The van der Waals surface area contributed by atoms with Gasteiger partial charge >= 0.3 is 5.97 Å². The Morgan fingerprint density at radius 3 is 2.57 bits per heavy atom. The summed E-state index contributed by atoms with van der Waals surface area (Å²) in [5, 5.41) is 22.1. The number of carboxylic acid groups (broad SMARTS) is 1.